The number of carbonyl (C=O) groups is 1. The van der Waals surface area contributed by atoms with Crippen LogP contribution in [0, 0.1) is 5.41 Å². The molecule has 0 radical (unpaired) electrons. The summed E-state index contributed by atoms with van der Waals surface area (Å²) in [4.78, 5) is 12.8. The van der Waals surface area contributed by atoms with Gasteiger partial charge in [0.2, 0.25) is 0 Å². The molecule has 17 heavy (non-hydrogen) atoms. The van der Waals surface area contributed by atoms with Crippen LogP contribution < -0.4 is 5.32 Å². The van der Waals surface area contributed by atoms with Crippen molar-refractivity contribution in [1.29, 1.82) is 0 Å². The quantitative estimate of drug-likeness (QED) is 0.889. The number of carbonyl (C=O) groups excluding carboxylic acids is 1. The van der Waals surface area contributed by atoms with Crippen molar-refractivity contribution in [2.75, 3.05) is 6.54 Å². The van der Waals surface area contributed by atoms with Crippen molar-refractivity contribution in [3.8, 4) is 0 Å². The second kappa shape index (κ2) is 5.53. The SMILES string of the molecule is CC1(CNC(=O)c2sccc2Br)CCCCC1. The van der Waals surface area contributed by atoms with Crippen molar-refractivity contribution in [3.63, 3.8) is 0 Å². The molecule has 94 valence electrons. The van der Waals surface area contributed by atoms with E-state index in [1.54, 1.807) is 0 Å². The van der Waals surface area contributed by atoms with Crippen molar-refractivity contribution in [2.24, 2.45) is 5.41 Å². The van der Waals surface area contributed by atoms with Crippen LogP contribution in [0.4, 0.5) is 0 Å². The van der Waals surface area contributed by atoms with Crippen LogP contribution in [0.5, 0.6) is 0 Å². The van der Waals surface area contributed by atoms with Gasteiger partial charge in [0, 0.05) is 11.0 Å². The molecule has 1 fully saturated rings. The van der Waals surface area contributed by atoms with Crippen LogP contribution in [-0.4, -0.2) is 12.5 Å². The molecule has 0 spiro atoms. The number of halogens is 1. The van der Waals surface area contributed by atoms with Gasteiger partial charge in [-0.25, -0.2) is 0 Å². The molecule has 4 heteroatoms. The van der Waals surface area contributed by atoms with Gasteiger partial charge in [-0.3, -0.25) is 4.79 Å². The molecule has 1 saturated carbocycles. The second-order valence-corrected chi connectivity index (χ2v) is 6.92. The monoisotopic (exact) mass is 315 g/mol. The maximum atomic E-state index is 12.0. The number of hydrogen-bond donors (Lipinski definition) is 1. The van der Waals surface area contributed by atoms with E-state index in [1.165, 1.54) is 43.4 Å². The molecule has 1 aromatic rings. The summed E-state index contributed by atoms with van der Waals surface area (Å²) in [7, 11) is 0. The van der Waals surface area contributed by atoms with Crippen molar-refractivity contribution in [3.05, 3.63) is 20.8 Å². The topological polar surface area (TPSA) is 29.1 Å². The van der Waals surface area contributed by atoms with Crippen LogP contribution in [0.1, 0.15) is 48.7 Å². The Labute approximate surface area is 115 Å². The fourth-order valence-corrected chi connectivity index (χ4v) is 3.88. The molecule has 1 N–H and O–H groups in total. The van der Waals surface area contributed by atoms with Gasteiger partial charge in [-0.15, -0.1) is 11.3 Å². The fourth-order valence-electron chi connectivity index (χ4n) is 2.41. The predicted octanol–water partition coefficient (Wildman–Crippen LogP) is 4.21. The van der Waals surface area contributed by atoms with E-state index in [4.69, 9.17) is 0 Å². The maximum absolute atomic E-state index is 12.0. The third-order valence-corrected chi connectivity index (χ3v) is 5.40. The molecule has 2 nitrogen and oxygen atoms in total. The zero-order valence-corrected chi connectivity index (χ0v) is 12.5. The largest absolute Gasteiger partial charge is 0.351 e. The van der Waals surface area contributed by atoms with Crippen LogP contribution in [0.15, 0.2) is 15.9 Å². The van der Waals surface area contributed by atoms with Crippen LogP contribution in [0.3, 0.4) is 0 Å². The van der Waals surface area contributed by atoms with E-state index in [2.05, 4.69) is 28.2 Å². The molecule has 1 heterocycles. The Morgan fingerprint density at radius 2 is 2.18 bits per heavy atom. The lowest BCUT2D eigenvalue weighted by molar-refractivity contribution is 0.0922. The number of hydrogen-bond acceptors (Lipinski definition) is 2. The Morgan fingerprint density at radius 3 is 2.76 bits per heavy atom. The molecule has 1 aliphatic carbocycles. The van der Waals surface area contributed by atoms with Gasteiger partial charge >= 0.3 is 0 Å². The number of thiophene rings is 1. The summed E-state index contributed by atoms with van der Waals surface area (Å²) < 4.78 is 0.897. The third kappa shape index (κ3) is 3.32. The first-order valence-electron chi connectivity index (χ1n) is 6.12. The molecule has 2 rings (SSSR count). The standard InChI is InChI=1S/C13H18BrNOS/c1-13(6-3-2-4-7-13)9-15-12(16)11-10(14)5-8-17-11/h5,8H,2-4,6-7,9H2,1H3,(H,15,16). The average Bonchev–Trinajstić information content (AvgIpc) is 2.74. The fraction of sp³-hybridized carbons (Fsp3) is 0.615. The Kier molecular flexibility index (Phi) is 4.26. The summed E-state index contributed by atoms with van der Waals surface area (Å²) in [5, 5.41) is 5.01. The Balaban J connectivity index is 1.90. The highest BCUT2D eigenvalue weighted by Crippen LogP contribution is 2.35. The minimum Gasteiger partial charge on any atom is -0.351 e. The van der Waals surface area contributed by atoms with E-state index >= 15 is 0 Å². The zero-order valence-electron chi connectivity index (χ0n) is 10.1. The van der Waals surface area contributed by atoms with Crippen LogP contribution >= 0.6 is 27.3 Å². The molecule has 0 unspecified atom stereocenters. The molecular weight excluding hydrogens is 298 g/mol. The molecule has 0 atom stereocenters. The normalized spacial score (nSPS) is 18.9. The number of amides is 1. The molecule has 0 aromatic carbocycles. The van der Waals surface area contributed by atoms with E-state index in [0.29, 0.717) is 5.41 Å². The number of rotatable bonds is 3. The van der Waals surface area contributed by atoms with Gasteiger partial charge in [0.05, 0.1) is 0 Å². The second-order valence-electron chi connectivity index (χ2n) is 5.15. The van der Waals surface area contributed by atoms with Crippen LogP contribution in [-0.2, 0) is 0 Å². The first-order chi connectivity index (χ1) is 8.11. The summed E-state index contributed by atoms with van der Waals surface area (Å²) in [6.07, 6.45) is 6.42. The van der Waals surface area contributed by atoms with E-state index in [-0.39, 0.29) is 5.91 Å². The Bertz CT molecular complexity index is 396. The summed E-state index contributed by atoms with van der Waals surface area (Å²) >= 11 is 4.88. The van der Waals surface area contributed by atoms with E-state index in [1.807, 2.05) is 11.4 Å². The van der Waals surface area contributed by atoms with Gasteiger partial charge < -0.3 is 5.32 Å². The molecular formula is C13H18BrNOS. The summed E-state index contributed by atoms with van der Waals surface area (Å²) in [6.45, 7) is 3.09. The van der Waals surface area contributed by atoms with E-state index in [9.17, 15) is 4.79 Å². The molecule has 0 aliphatic heterocycles. The lowest BCUT2D eigenvalue weighted by atomic mass is 9.76. The van der Waals surface area contributed by atoms with Gasteiger partial charge in [-0.05, 0) is 45.6 Å². The van der Waals surface area contributed by atoms with Crippen molar-refractivity contribution in [2.45, 2.75) is 39.0 Å². The molecule has 0 bridgehead atoms. The summed E-state index contributed by atoms with van der Waals surface area (Å²) in [5.41, 5.74) is 0.303. The summed E-state index contributed by atoms with van der Waals surface area (Å²) in [6, 6.07) is 1.92. The average molecular weight is 316 g/mol. The van der Waals surface area contributed by atoms with Crippen molar-refractivity contribution >= 4 is 33.2 Å². The maximum Gasteiger partial charge on any atom is 0.262 e. The highest BCUT2D eigenvalue weighted by molar-refractivity contribution is 9.10. The molecule has 1 aliphatic rings. The van der Waals surface area contributed by atoms with Crippen LogP contribution in [0.2, 0.25) is 0 Å². The van der Waals surface area contributed by atoms with E-state index < -0.39 is 0 Å². The van der Waals surface area contributed by atoms with Gasteiger partial charge in [0.25, 0.3) is 5.91 Å². The third-order valence-electron chi connectivity index (χ3n) is 3.56. The predicted molar refractivity (Wildman–Crippen MR) is 75.5 cm³/mol. The minimum atomic E-state index is 0.0543. The smallest absolute Gasteiger partial charge is 0.262 e. The van der Waals surface area contributed by atoms with Crippen molar-refractivity contribution < 1.29 is 4.79 Å². The minimum absolute atomic E-state index is 0.0543. The summed E-state index contributed by atoms with van der Waals surface area (Å²) in [5.74, 6) is 0.0543. The highest BCUT2D eigenvalue weighted by atomic mass is 79.9. The van der Waals surface area contributed by atoms with Gasteiger partial charge in [0.15, 0.2) is 0 Å². The Hall–Kier alpha value is -0.350. The first kappa shape index (κ1) is 13.1. The molecule has 1 amide bonds. The van der Waals surface area contributed by atoms with E-state index in [0.717, 1.165) is 15.9 Å². The zero-order chi connectivity index (χ0) is 12.3. The van der Waals surface area contributed by atoms with Gasteiger partial charge in [0.1, 0.15) is 4.88 Å². The lowest BCUT2D eigenvalue weighted by Gasteiger charge is -2.33. The lowest BCUT2D eigenvalue weighted by Crippen LogP contribution is -2.36. The van der Waals surface area contributed by atoms with Crippen LogP contribution in [0.25, 0.3) is 0 Å². The first-order valence-corrected chi connectivity index (χ1v) is 7.79. The Morgan fingerprint density at radius 1 is 1.47 bits per heavy atom. The molecule has 0 saturated heterocycles. The van der Waals surface area contributed by atoms with Gasteiger partial charge in [-0.2, -0.15) is 0 Å². The van der Waals surface area contributed by atoms with Gasteiger partial charge in [-0.1, -0.05) is 26.2 Å². The highest BCUT2D eigenvalue weighted by Gasteiger charge is 2.27. The molecule has 1 aromatic heterocycles. The van der Waals surface area contributed by atoms with Crippen molar-refractivity contribution in [1.82, 2.24) is 5.32 Å². The number of nitrogens with one attached hydrogen (secondary N) is 1.